The first-order valence-corrected chi connectivity index (χ1v) is 11.0. The van der Waals surface area contributed by atoms with Gasteiger partial charge in [-0.1, -0.05) is 55.2 Å². The highest BCUT2D eigenvalue weighted by Crippen LogP contribution is 2.46. The molecular formula is C14H29IO2Si. The zero-order chi connectivity index (χ0) is 13.4. The van der Waals surface area contributed by atoms with E-state index in [1.165, 1.54) is 44.6 Å². The average Bonchev–Trinajstić information content (AvgIpc) is 2.77. The minimum absolute atomic E-state index is 0.717. The minimum Gasteiger partial charge on any atom is -0.394 e. The fourth-order valence-corrected chi connectivity index (χ4v) is 9.80. The Morgan fingerprint density at radius 3 is 2.17 bits per heavy atom. The summed E-state index contributed by atoms with van der Waals surface area (Å²) < 4.78 is 13.3. The number of hydrogen-bond acceptors (Lipinski definition) is 2. The summed E-state index contributed by atoms with van der Waals surface area (Å²) in [6, 6.07) is 1.20. The van der Waals surface area contributed by atoms with Gasteiger partial charge >= 0.3 is 8.56 Å². The molecule has 108 valence electrons. The summed E-state index contributed by atoms with van der Waals surface area (Å²) >= 11 is 2.63. The second kappa shape index (κ2) is 8.92. The van der Waals surface area contributed by atoms with Gasteiger partial charge in [0.25, 0.3) is 0 Å². The van der Waals surface area contributed by atoms with Crippen molar-refractivity contribution in [2.45, 2.75) is 74.8 Å². The zero-order valence-electron chi connectivity index (χ0n) is 12.2. The molecule has 0 aromatic rings. The van der Waals surface area contributed by atoms with E-state index in [9.17, 15) is 0 Å². The van der Waals surface area contributed by atoms with E-state index < -0.39 is 8.56 Å². The molecular weight excluding hydrogens is 355 g/mol. The molecule has 0 bridgehead atoms. The third-order valence-electron chi connectivity index (χ3n) is 3.90. The summed E-state index contributed by atoms with van der Waals surface area (Å²) in [5, 5.41) is 0. The molecule has 0 heterocycles. The van der Waals surface area contributed by atoms with E-state index in [0.717, 1.165) is 22.7 Å². The van der Waals surface area contributed by atoms with Gasteiger partial charge in [-0.3, -0.25) is 0 Å². The van der Waals surface area contributed by atoms with Crippen LogP contribution in [0, 0.1) is 0 Å². The Morgan fingerprint density at radius 1 is 1.06 bits per heavy atom. The molecule has 0 saturated heterocycles. The Bertz CT molecular complexity index is 220. The van der Waals surface area contributed by atoms with Crippen molar-refractivity contribution in [3.8, 4) is 0 Å². The van der Waals surface area contributed by atoms with Crippen LogP contribution in [0.3, 0.4) is 0 Å². The van der Waals surface area contributed by atoms with Gasteiger partial charge in [-0.05, 0) is 32.7 Å². The molecule has 1 saturated carbocycles. The Balaban J connectivity index is 2.74. The second-order valence-corrected chi connectivity index (χ2v) is 10.2. The molecule has 0 aliphatic heterocycles. The predicted octanol–water partition coefficient (Wildman–Crippen LogP) is 5.05. The summed E-state index contributed by atoms with van der Waals surface area (Å²) in [6.45, 7) is 8.15. The third-order valence-corrected chi connectivity index (χ3v) is 10.5. The summed E-state index contributed by atoms with van der Waals surface area (Å²) in [4.78, 5) is 0. The van der Waals surface area contributed by atoms with E-state index >= 15 is 0 Å². The molecule has 0 spiro atoms. The second-order valence-electron chi connectivity index (χ2n) is 5.19. The van der Waals surface area contributed by atoms with Crippen molar-refractivity contribution in [2.24, 2.45) is 0 Å². The van der Waals surface area contributed by atoms with E-state index in [2.05, 4.69) is 43.4 Å². The van der Waals surface area contributed by atoms with Crippen LogP contribution in [0.2, 0.25) is 11.6 Å². The first-order valence-electron chi connectivity index (χ1n) is 7.62. The summed E-state index contributed by atoms with van der Waals surface area (Å²) in [5.41, 5.74) is 0.717. The van der Waals surface area contributed by atoms with Crippen LogP contribution >= 0.6 is 22.6 Å². The Kier molecular flexibility index (Phi) is 8.39. The number of halogens is 1. The largest absolute Gasteiger partial charge is 0.394 e. The van der Waals surface area contributed by atoms with Crippen molar-refractivity contribution in [1.82, 2.24) is 0 Å². The average molecular weight is 384 g/mol. The lowest BCUT2D eigenvalue weighted by molar-refractivity contribution is 0.171. The zero-order valence-corrected chi connectivity index (χ0v) is 15.4. The normalized spacial score (nSPS) is 24.7. The van der Waals surface area contributed by atoms with Crippen LogP contribution < -0.4 is 0 Å². The van der Waals surface area contributed by atoms with Gasteiger partial charge in [-0.2, -0.15) is 0 Å². The maximum atomic E-state index is 6.28. The summed E-state index contributed by atoms with van der Waals surface area (Å²) in [5.74, 6) is 0. The molecule has 0 radical (unpaired) electrons. The first-order chi connectivity index (χ1) is 8.70. The van der Waals surface area contributed by atoms with Crippen LogP contribution in [-0.4, -0.2) is 25.7 Å². The SMILES string of the molecule is CCCCC[Si](OCC)(OCC)C1CCCC1I. The van der Waals surface area contributed by atoms with Gasteiger partial charge in [0.2, 0.25) is 0 Å². The molecule has 0 amide bonds. The number of rotatable bonds is 9. The molecule has 4 heteroatoms. The topological polar surface area (TPSA) is 18.5 Å². The third kappa shape index (κ3) is 4.46. The van der Waals surface area contributed by atoms with Crippen LogP contribution in [0.25, 0.3) is 0 Å². The van der Waals surface area contributed by atoms with Gasteiger partial charge in [0, 0.05) is 22.7 Å². The van der Waals surface area contributed by atoms with E-state index in [1.54, 1.807) is 0 Å². The highest BCUT2D eigenvalue weighted by Gasteiger charge is 2.49. The monoisotopic (exact) mass is 384 g/mol. The lowest BCUT2D eigenvalue weighted by Crippen LogP contribution is -2.48. The van der Waals surface area contributed by atoms with Gasteiger partial charge in [-0.25, -0.2) is 0 Å². The van der Waals surface area contributed by atoms with E-state index in [1.807, 2.05) is 0 Å². The van der Waals surface area contributed by atoms with Crippen molar-refractivity contribution in [2.75, 3.05) is 13.2 Å². The molecule has 0 aromatic heterocycles. The van der Waals surface area contributed by atoms with E-state index in [-0.39, 0.29) is 0 Å². The van der Waals surface area contributed by atoms with Crippen LogP contribution in [-0.2, 0) is 8.85 Å². The van der Waals surface area contributed by atoms with Crippen molar-refractivity contribution in [3.63, 3.8) is 0 Å². The minimum atomic E-state index is -1.97. The van der Waals surface area contributed by atoms with Crippen LogP contribution in [0.1, 0.15) is 59.3 Å². The predicted molar refractivity (Wildman–Crippen MR) is 88.7 cm³/mol. The molecule has 1 fully saturated rings. The number of hydrogen-bond donors (Lipinski definition) is 0. The molecule has 1 rings (SSSR count). The smallest absolute Gasteiger partial charge is 0.342 e. The van der Waals surface area contributed by atoms with Crippen molar-refractivity contribution >= 4 is 31.2 Å². The van der Waals surface area contributed by atoms with Crippen LogP contribution in [0.4, 0.5) is 0 Å². The summed E-state index contributed by atoms with van der Waals surface area (Å²) in [6.07, 6.45) is 7.91. The quantitative estimate of drug-likeness (QED) is 0.240. The molecule has 2 unspecified atom stereocenters. The van der Waals surface area contributed by atoms with E-state index in [4.69, 9.17) is 8.85 Å². The Morgan fingerprint density at radius 2 is 1.72 bits per heavy atom. The van der Waals surface area contributed by atoms with E-state index in [0.29, 0.717) is 0 Å². The molecule has 1 aliphatic rings. The molecule has 2 atom stereocenters. The van der Waals surface area contributed by atoms with Gasteiger partial charge in [0.05, 0.1) is 0 Å². The fraction of sp³-hybridized carbons (Fsp3) is 1.00. The molecule has 18 heavy (non-hydrogen) atoms. The molecule has 0 aromatic carbocycles. The van der Waals surface area contributed by atoms with Crippen LogP contribution in [0.5, 0.6) is 0 Å². The standard InChI is InChI=1S/C14H29IO2Si/c1-4-7-8-12-18(16-5-2,17-6-3)14-11-9-10-13(14)15/h13-14H,4-12H2,1-3H3. The van der Waals surface area contributed by atoms with Crippen molar-refractivity contribution in [1.29, 1.82) is 0 Å². The van der Waals surface area contributed by atoms with Crippen LogP contribution in [0.15, 0.2) is 0 Å². The van der Waals surface area contributed by atoms with Gasteiger partial charge in [0.15, 0.2) is 0 Å². The van der Waals surface area contributed by atoms with Crippen molar-refractivity contribution in [3.05, 3.63) is 0 Å². The highest BCUT2D eigenvalue weighted by molar-refractivity contribution is 14.1. The maximum absolute atomic E-state index is 6.28. The Hall–Kier alpha value is 0.867. The fourth-order valence-electron chi connectivity index (χ4n) is 3.11. The summed E-state index contributed by atoms with van der Waals surface area (Å²) in [7, 11) is -1.97. The maximum Gasteiger partial charge on any atom is 0.342 e. The molecule has 2 nitrogen and oxygen atoms in total. The highest BCUT2D eigenvalue weighted by atomic mass is 127. The molecule has 1 aliphatic carbocycles. The van der Waals surface area contributed by atoms with Crippen molar-refractivity contribution < 1.29 is 8.85 Å². The lowest BCUT2D eigenvalue weighted by atomic mass is 10.3. The Labute approximate surface area is 128 Å². The van der Waals surface area contributed by atoms with Gasteiger partial charge in [-0.15, -0.1) is 0 Å². The van der Waals surface area contributed by atoms with Gasteiger partial charge < -0.3 is 8.85 Å². The lowest BCUT2D eigenvalue weighted by Gasteiger charge is -2.37. The van der Waals surface area contributed by atoms with Gasteiger partial charge in [0.1, 0.15) is 0 Å². The molecule has 0 N–H and O–H groups in total. The number of unbranched alkanes of at least 4 members (excludes halogenated alkanes) is 2. The first kappa shape index (κ1) is 16.9. The number of alkyl halides is 1.